The fourth-order valence-electron chi connectivity index (χ4n) is 6.83. The molecule has 7 aromatic rings. The molecule has 6 aromatic carbocycles. The Morgan fingerprint density at radius 2 is 0.951 bits per heavy atom. The zero-order chi connectivity index (χ0) is 28.4. The Morgan fingerprint density at radius 3 is 1.51 bits per heavy atom. The van der Waals surface area contributed by atoms with E-state index in [4.69, 9.17) is 4.98 Å². The quantitative estimate of drug-likeness (QED) is 0.242. The fourth-order valence-corrected chi connectivity index (χ4v) is 6.83. The van der Waals surface area contributed by atoms with Crippen molar-refractivity contribution in [3.8, 4) is 27.9 Å². The van der Waals surface area contributed by atoms with Crippen LogP contribution in [0.2, 0.25) is 0 Å². The maximum atomic E-state index is 4.79. The fraction of sp³-hybridized carbons (Fsp3) is 0.0294. The van der Waals surface area contributed by atoms with Gasteiger partial charge in [-0.2, -0.15) is 0 Å². The van der Waals surface area contributed by atoms with Gasteiger partial charge in [0.2, 0.25) is 0 Å². The van der Waals surface area contributed by atoms with Crippen LogP contribution >= 0.6 is 0 Å². The third-order valence-electron chi connectivity index (χ3n) is 9.32. The molecule has 0 bridgehead atoms. The number of aryl methyl sites for hydroxylation is 1. The van der Waals surface area contributed by atoms with Crippen molar-refractivity contribution in [1.82, 2.24) is 9.55 Å². The van der Waals surface area contributed by atoms with Crippen LogP contribution < -0.4 is 27.3 Å². The second-order valence-corrected chi connectivity index (χ2v) is 11.4. The van der Waals surface area contributed by atoms with Crippen molar-refractivity contribution >= 4 is 99.1 Å². The van der Waals surface area contributed by atoms with Crippen molar-refractivity contribution in [1.29, 1.82) is 0 Å². The highest BCUT2D eigenvalue weighted by Gasteiger charge is 2.21. The zero-order valence-corrected chi connectivity index (χ0v) is 24.6. The molecule has 0 aliphatic carbocycles. The third-order valence-corrected chi connectivity index (χ3v) is 9.32. The van der Waals surface area contributed by atoms with E-state index < -0.39 is 0 Å². The summed E-state index contributed by atoms with van der Waals surface area (Å²) < 4.78 is 2.24. The van der Waals surface area contributed by atoms with Gasteiger partial charge in [-0.3, -0.25) is 4.57 Å². The molecule has 0 aliphatic rings. The molecule has 0 fully saturated rings. The Morgan fingerprint density at radius 1 is 0.488 bits per heavy atom. The summed E-state index contributed by atoms with van der Waals surface area (Å²) in [5.74, 6) is 0.994. The number of imidazole rings is 1. The van der Waals surface area contributed by atoms with Gasteiger partial charge < -0.3 is 0 Å². The van der Waals surface area contributed by atoms with Crippen LogP contribution in [-0.4, -0.2) is 48.8 Å². The molecule has 0 spiro atoms. The summed E-state index contributed by atoms with van der Waals surface area (Å²) in [6.45, 7) is 2.08. The van der Waals surface area contributed by atoms with Crippen molar-refractivity contribution in [2.24, 2.45) is 0 Å². The lowest BCUT2D eigenvalue weighted by atomic mass is 9.59. The molecule has 2 nitrogen and oxygen atoms in total. The van der Waals surface area contributed by atoms with E-state index in [0.29, 0.717) is 0 Å². The highest BCUT2D eigenvalue weighted by molar-refractivity contribution is 6.69. The summed E-state index contributed by atoms with van der Waals surface area (Å²) in [4.78, 5) is 4.79. The molecule has 41 heavy (non-hydrogen) atoms. The molecule has 0 aliphatic heterocycles. The van der Waals surface area contributed by atoms with Gasteiger partial charge in [-0.15, -0.1) is 16.4 Å². The molecule has 1 aromatic heterocycles. The van der Waals surface area contributed by atoms with Crippen LogP contribution in [0.3, 0.4) is 0 Å². The van der Waals surface area contributed by atoms with E-state index in [1.807, 2.05) is 6.07 Å². The maximum absolute atomic E-state index is 4.79. The molecule has 1 heterocycles. The number of rotatable bonds is 3. The first-order chi connectivity index (χ1) is 19.9. The first-order valence-corrected chi connectivity index (χ1v) is 14.4. The second-order valence-electron chi connectivity index (χ2n) is 11.4. The summed E-state index contributed by atoms with van der Waals surface area (Å²) in [5.41, 5.74) is 15.4. The van der Waals surface area contributed by atoms with Crippen LogP contribution in [0.25, 0.3) is 60.5 Å². The normalized spacial score (nSPS) is 11.5. The second kappa shape index (κ2) is 9.63. The predicted molar refractivity (Wildman–Crippen MR) is 193 cm³/mol. The van der Waals surface area contributed by atoms with Gasteiger partial charge in [0, 0.05) is 5.69 Å². The Bertz CT molecular complexity index is 2080. The number of fused-ring (bicyclic) bond motifs is 3. The minimum Gasteiger partial charge on any atom is -0.297 e. The number of benzene rings is 6. The summed E-state index contributed by atoms with van der Waals surface area (Å²) in [6, 6.07) is 35.2. The Labute approximate surface area is 245 Å². The molecule has 0 amide bonds. The first-order valence-electron chi connectivity index (χ1n) is 14.4. The smallest absolute Gasteiger partial charge is 0.139 e. The highest BCUT2D eigenvalue weighted by Crippen LogP contribution is 2.42. The number of hydrogen-bond acceptors (Lipinski definition) is 1. The van der Waals surface area contributed by atoms with Crippen LogP contribution in [0.1, 0.15) is 5.82 Å². The molecule has 0 atom stereocenters. The Balaban J connectivity index is 1.51. The van der Waals surface area contributed by atoms with Gasteiger partial charge in [-0.05, 0) is 75.0 Å². The van der Waals surface area contributed by atoms with Crippen molar-refractivity contribution in [3.05, 3.63) is 103 Å². The summed E-state index contributed by atoms with van der Waals surface area (Å²) in [6.07, 6.45) is 0. The maximum Gasteiger partial charge on any atom is 0.139 e. The van der Waals surface area contributed by atoms with Gasteiger partial charge in [0.25, 0.3) is 0 Å². The summed E-state index contributed by atoms with van der Waals surface area (Å²) in [7, 11) is 11.4. The van der Waals surface area contributed by atoms with Crippen LogP contribution in [0, 0.1) is 6.92 Å². The molecular weight excluding hydrogens is 490 g/mol. The van der Waals surface area contributed by atoms with E-state index in [2.05, 4.69) is 142 Å². The molecular formula is C34H29B5N2. The minimum absolute atomic E-state index is 0.994. The average Bonchev–Trinajstić information content (AvgIpc) is 3.34. The monoisotopic (exact) mass is 520 g/mol. The predicted octanol–water partition coefficient (Wildman–Crippen LogP) is 0.266. The van der Waals surface area contributed by atoms with Crippen LogP contribution in [0.5, 0.6) is 0 Å². The number of nitrogens with zero attached hydrogens (tertiary/aromatic N) is 2. The zero-order valence-electron chi connectivity index (χ0n) is 24.6. The lowest BCUT2D eigenvalue weighted by Crippen LogP contribution is -2.55. The number of hydrogen-bond donors (Lipinski definition) is 0. The first kappa shape index (κ1) is 25.6. The molecule has 0 saturated carbocycles. The van der Waals surface area contributed by atoms with E-state index in [0.717, 1.165) is 22.5 Å². The molecule has 0 radical (unpaired) electrons. The summed E-state index contributed by atoms with van der Waals surface area (Å²) >= 11 is 0. The van der Waals surface area contributed by atoms with Crippen molar-refractivity contribution in [2.45, 2.75) is 6.92 Å². The lowest BCUT2D eigenvalue weighted by Gasteiger charge is -2.24. The van der Waals surface area contributed by atoms with Gasteiger partial charge in [-0.25, -0.2) is 4.98 Å². The van der Waals surface area contributed by atoms with E-state index >= 15 is 0 Å². The van der Waals surface area contributed by atoms with Crippen molar-refractivity contribution in [2.75, 3.05) is 0 Å². The number of aromatic nitrogens is 2. The number of para-hydroxylation sites is 2. The topological polar surface area (TPSA) is 17.8 Å². The Kier molecular flexibility index (Phi) is 6.01. The standard InChI is InChI=1S/C34H29B5N2/c1-18-40-25-12-6-7-13-26(25)41(18)20-16-14-19(15-17-20)27-21-8-2-4-10-23(21)28(24-11-5-3-9-22(24)27)29-30(35)32(37)34(39)33(38)31(29)36/h2-17H,35-39H2,1H3. The largest absolute Gasteiger partial charge is 0.297 e. The van der Waals surface area contributed by atoms with E-state index in [-0.39, 0.29) is 0 Å². The lowest BCUT2D eigenvalue weighted by molar-refractivity contribution is 1.00. The van der Waals surface area contributed by atoms with Gasteiger partial charge in [0.05, 0.1) is 11.0 Å². The molecule has 0 saturated heterocycles. The van der Waals surface area contributed by atoms with Crippen LogP contribution in [-0.2, 0) is 0 Å². The highest BCUT2D eigenvalue weighted by atomic mass is 15.1. The minimum atomic E-state index is 0.994. The van der Waals surface area contributed by atoms with E-state index in [1.165, 1.54) is 71.1 Å². The third kappa shape index (κ3) is 3.83. The Hall–Kier alpha value is -4.37. The van der Waals surface area contributed by atoms with E-state index in [1.54, 1.807) is 0 Å². The van der Waals surface area contributed by atoms with Crippen LogP contribution in [0.4, 0.5) is 0 Å². The van der Waals surface area contributed by atoms with Gasteiger partial charge in [0.1, 0.15) is 45.1 Å². The van der Waals surface area contributed by atoms with Crippen molar-refractivity contribution in [3.63, 3.8) is 0 Å². The van der Waals surface area contributed by atoms with Gasteiger partial charge >= 0.3 is 0 Å². The molecule has 0 unspecified atom stereocenters. The SMILES string of the molecule is Bc1c(B)c(B)c(-c2c3ccccc3c(-c3ccc(-n4c(C)nc5ccccc54)cc3)c3ccccc23)c(B)c1B. The van der Waals surface area contributed by atoms with E-state index in [9.17, 15) is 0 Å². The van der Waals surface area contributed by atoms with Crippen LogP contribution in [0.15, 0.2) is 97.1 Å². The average molecular weight is 520 g/mol. The molecule has 7 heteroatoms. The molecule has 7 rings (SSSR count). The molecule has 0 N–H and O–H groups in total. The van der Waals surface area contributed by atoms with Gasteiger partial charge in [0.15, 0.2) is 0 Å². The van der Waals surface area contributed by atoms with Crippen molar-refractivity contribution < 1.29 is 0 Å². The summed E-state index contributed by atoms with van der Waals surface area (Å²) in [5, 5.41) is 5.17. The van der Waals surface area contributed by atoms with Gasteiger partial charge in [-0.1, -0.05) is 83.7 Å². The molecule has 190 valence electrons.